The van der Waals surface area contributed by atoms with Gasteiger partial charge in [-0.3, -0.25) is 14.4 Å². The van der Waals surface area contributed by atoms with Crippen LogP contribution >= 0.6 is 0 Å². The maximum atomic E-state index is 13.4. The first kappa shape index (κ1) is 21.1. The zero-order valence-electron chi connectivity index (χ0n) is 18.2. The highest BCUT2D eigenvalue weighted by Crippen LogP contribution is 2.65. The van der Waals surface area contributed by atoms with Gasteiger partial charge in [0.2, 0.25) is 0 Å². The summed E-state index contributed by atoms with van der Waals surface area (Å²) < 4.78 is 11.3. The normalized spacial score (nSPS) is 19.7. The van der Waals surface area contributed by atoms with Crippen molar-refractivity contribution < 1.29 is 19.1 Å². The van der Waals surface area contributed by atoms with E-state index in [2.05, 4.69) is 10.2 Å². The van der Waals surface area contributed by atoms with Crippen LogP contribution in [0.5, 0.6) is 0 Å². The van der Waals surface area contributed by atoms with Gasteiger partial charge in [-0.2, -0.15) is 5.10 Å². The Hall–Kier alpha value is -3.74. The molecule has 1 fully saturated rings. The molecule has 0 spiro atoms. The Balaban J connectivity index is 1.41. The molecule has 5 rings (SSSR count). The van der Waals surface area contributed by atoms with Crippen LogP contribution < -0.4 is 5.56 Å². The van der Waals surface area contributed by atoms with Gasteiger partial charge in [0.15, 0.2) is 5.41 Å². The van der Waals surface area contributed by atoms with Gasteiger partial charge in [0.25, 0.3) is 5.56 Å². The highest BCUT2D eigenvalue weighted by Gasteiger charge is 2.77. The number of esters is 2. The maximum absolute atomic E-state index is 13.4. The van der Waals surface area contributed by atoms with E-state index in [1.807, 2.05) is 67.6 Å². The Morgan fingerprint density at radius 1 is 0.879 bits per heavy atom. The van der Waals surface area contributed by atoms with Crippen molar-refractivity contribution in [1.29, 1.82) is 0 Å². The third-order valence-electron chi connectivity index (χ3n) is 6.90. The van der Waals surface area contributed by atoms with Crippen LogP contribution in [0.2, 0.25) is 0 Å². The average molecular weight is 444 g/mol. The third kappa shape index (κ3) is 3.63. The minimum absolute atomic E-state index is 0.0704. The number of hydrogen-bond donors (Lipinski definition) is 1. The zero-order valence-corrected chi connectivity index (χ0v) is 18.2. The summed E-state index contributed by atoms with van der Waals surface area (Å²) in [6, 6.07) is 18.7. The molecule has 168 valence electrons. The van der Waals surface area contributed by atoms with Crippen LogP contribution in [0.3, 0.4) is 0 Å². The fourth-order valence-electron chi connectivity index (χ4n) is 5.07. The van der Waals surface area contributed by atoms with Crippen molar-refractivity contribution >= 4 is 11.9 Å². The van der Waals surface area contributed by atoms with Gasteiger partial charge >= 0.3 is 11.9 Å². The Bertz CT molecular complexity index is 1200. The van der Waals surface area contributed by atoms with E-state index in [-0.39, 0.29) is 30.6 Å². The average Bonchev–Trinajstić information content (AvgIpc) is 3.52. The number of aryl methyl sites for hydroxylation is 1. The molecule has 0 aliphatic heterocycles. The van der Waals surface area contributed by atoms with Crippen LogP contribution in [0.1, 0.15) is 27.9 Å². The van der Waals surface area contributed by atoms with Crippen LogP contribution in [0.25, 0.3) is 0 Å². The minimum Gasteiger partial charge on any atom is -0.460 e. The van der Waals surface area contributed by atoms with Crippen molar-refractivity contribution in [3.63, 3.8) is 0 Å². The lowest BCUT2D eigenvalue weighted by Crippen LogP contribution is -2.33. The summed E-state index contributed by atoms with van der Waals surface area (Å²) in [4.78, 5) is 39.2. The maximum Gasteiger partial charge on any atom is 0.324 e. The molecule has 1 N–H and O–H groups in total. The molecule has 0 amide bonds. The van der Waals surface area contributed by atoms with E-state index in [1.165, 1.54) is 0 Å². The van der Waals surface area contributed by atoms with E-state index in [0.717, 1.165) is 16.7 Å². The number of benzene rings is 2. The standard InChI is InChI=1S/C26H24N2O5/c1-16-19-12-21-22(13-20(19)23(29)28-27-16)26(21,24(30)32-14-17-8-4-2-5-9-17)25(31)33-15-18-10-6-3-7-11-18/h2-11,21-22H,12-15H2,1H3,(H,28,29). The summed E-state index contributed by atoms with van der Waals surface area (Å²) in [5, 5.41) is 6.57. The number of nitrogens with zero attached hydrogens (tertiary/aromatic N) is 1. The first-order valence-corrected chi connectivity index (χ1v) is 11.0. The Labute approximate surface area is 190 Å². The van der Waals surface area contributed by atoms with E-state index in [1.54, 1.807) is 0 Å². The number of fused-ring (bicyclic) bond motifs is 2. The van der Waals surface area contributed by atoms with E-state index >= 15 is 0 Å². The first-order chi connectivity index (χ1) is 16.0. The monoisotopic (exact) mass is 444 g/mol. The largest absolute Gasteiger partial charge is 0.460 e. The third-order valence-corrected chi connectivity index (χ3v) is 6.90. The predicted octanol–water partition coefficient (Wildman–Crippen LogP) is 2.90. The molecule has 7 nitrogen and oxygen atoms in total. The van der Waals surface area contributed by atoms with E-state index in [0.29, 0.717) is 24.1 Å². The molecule has 0 radical (unpaired) electrons. The van der Waals surface area contributed by atoms with Crippen molar-refractivity contribution in [2.24, 2.45) is 17.3 Å². The van der Waals surface area contributed by atoms with Gasteiger partial charge in [-0.25, -0.2) is 5.10 Å². The number of hydrogen-bond acceptors (Lipinski definition) is 6. The Morgan fingerprint density at radius 2 is 1.36 bits per heavy atom. The summed E-state index contributed by atoms with van der Waals surface area (Å²) >= 11 is 0. The molecule has 33 heavy (non-hydrogen) atoms. The fourth-order valence-corrected chi connectivity index (χ4v) is 5.07. The zero-order chi connectivity index (χ0) is 23.0. The van der Waals surface area contributed by atoms with Gasteiger partial charge < -0.3 is 9.47 Å². The van der Waals surface area contributed by atoms with Crippen molar-refractivity contribution in [1.82, 2.24) is 10.2 Å². The number of aromatic nitrogens is 2. The number of aromatic amines is 1. The topological polar surface area (TPSA) is 98.4 Å². The summed E-state index contributed by atoms with van der Waals surface area (Å²) in [7, 11) is 0. The number of H-pyrrole nitrogens is 1. The second-order valence-electron chi connectivity index (χ2n) is 8.71. The van der Waals surface area contributed by atoms with Gasteiger partial charge in [-0.05, 0) is 48.3 Å². The van der Waals surface area contributed by atoms with E-state index in [4.69, 9.17) is 9.47 Å². The molecule has 2 unspecified atom stereocenters. The molecular weight excluding hydrogens is 420 g/mol. The van der Waals surface area contributed by atoms with Crippen LogP contribution in [-0.2, 0) is 45.1 Å². The molecule has 3 aromatic rings. The van der Waals surface area contributed by atoms with Crippen LogP contribution in [0.15, 0.2) is 65.5 Å². The molecule has 2 aromatic carbocycles. The van der Waals surface area contributed by atoms with Gasteiger partial charge in [-0.1, -0.05) is 60.7 Å². The van der Waals surface area contributed by atoms with Gasteiger partial charge in [0.1, 0.15) is 13.2 Å². The molecule has 1 aromatic heterocycles. The number of nitrogens with one attached hydrogen (secondary N) is 1. The summed E-state index contributed by atoms with van der Waals surface area (Å²) in [6.07, 6.45) is 0.739. The Morgan fingerprint density at radius 3 is 1.88 bits per heavy atom. The fraction of sp³-hybridized carbons (Fsp3) is 0.308. The second-order valence-corrected chi connectivity index (χ2v) is 8.71. The number of carbonyl (C=O) groups excluding carboxylic acids is 2. The van der Waals surface area contributed by atoms with Crippen LogP contribution in [0, 0.1) is 24.2 Å². The molecule has 1 saturated carbocycles. The van der Waals surface area contributed by atoms with Gasteiger partial charge in [-0.15, -0.1) is 0 Å². The predicted molar refractivity (Wildman–Crippen MR) is 119 cm³/mol. The lowest BCUT2D eigenvalue weighted by molar-refractivity contribution is -0.168. The number of carbonyl (C=O) groups is 2. The van der Waals surface area contributed by atoms with Crippen LogP contribution in [0.4, 0.5) is 0 Å². The van der Waals surface area contributed by atoms with Gasteiger partial charge in [0, 0.05) is 5.56 Å². The number of rotatable bonds is 6. The molecule has 2 aliphatic carbocycles. The lowest BCUT2D eigenvalue weighted by Gasteiger charge is -2.16. The molecule has 0 saturated heterocycles. The quantitative estimate of drug-likeness (QED) is 0.464. The minimum atomic E-state index is -1.42. The molecule has 1 heterocycles. The molecule has 2 atom stereocenters. The Kier molecular flexibility index (Phi) is 5.32. The summed E-state index contributed by atoms with van der Waals surface area (Å²) in [5.41, 5.74) is 2.10. The summed E-state index contributed by atoms with van der Waals surface area (Å²) in [5.74, 6) is -1.79. The SMILES string of the molecule is Cc1n[nH]c(=O)c2c1CC1C(C2)C1(C(=O)OCc1ccccc1)C(=O)OCc1ccccc1. The van der Waals surface area contributed by atoms with Crippen LogP contribution in [-0.4, -0.2) is 22.1 Å². The first-order valence-electron chi connectivity index (χ1n) is 11.0. The van der Waals surface area contributed by atoms with E-state index < -0.39 is 17.4 Å². The molecule has 0 bridgehead atoms. The highest BCUT2D eigenvalue weighted by molar-refractivity contribution is 6.05. The lowest BCUT2D eigenvalue weighted by atomic mass is 9.92. The highest BCUT2D eigenvalue weighted by atomic mass is 16.6. The second kappa shape index (κ2) is 8.31. The summed E-state index contributed by atoms with van der Waals surface area (Å²) in [6.45, 7) is 1.96. The smallest absolute Gasteiger partial charge is 0.324 e. The molecular formula is C26H24N2O5. The molecule has 7 heteroatoms. The van der Waals surface area contributed by atoms with Crippen molar-refractivity contribution in [2.45, 2.75) is 33.0 Å². The van der Waals surface area contributed by atoms with Crippen molar-refractivity contribution in [3.05, 3.63) is 99.0 Å². The van der Waals surface area contributed by atoms with Crippen molar-refractivity contribution in [3.8, 4) is 0 Å². The molecule has 2 aliphatic rings. The van der Waals surface area contributed by atoms with Crippen molar-refractivity contribution in [2.75, 3.05) is 0 Å². The van der Waals surface area contributed by atoms with Gasteiger partial charge in [0.05, 0.1) is 5.69 Å². The van der Waals surface area contributed by atoms with E-state index in [9.17, 15) is 14.4 Å². The number of ether oxygens (including phenoxy) is 2.